The number of carbonyl (C=O) groups is 1. The number of rotatable bonds is 11. The van der Waals surface area contributed by atoms with Crippen molar-refractivity contribution in [3.63, 3.8) is 0 Å². The van der Waals surface area contributed by atoms with E-state index in [0.717, 1.165) is 29.8 Å². The van der Waals surface area contributed by atoms with Gasteiger partial charge in [-0.3, -0.25) is 0 Å². The average Bonchev–Trinajstić information content (AvgIpc) is 2.87. The largest absolute Gasteiger partial charge is 0.497 e. The predicted molar refractivity (Wildman–Crippen MR) is 132 cm³/mol. The van der Waals surface area contributed by atoms with Crippen LogP contribution in [0.2, 0.25) is 0 Å². The van der Waals surface area contributed by atoms with Gasteiger partial charge in [-0.25, -0.2) is 9.18 Å². The van der Waals surface area contributed by atoms with E-state index in [1.807, 2.05) is 0 Å². The van der Waals surface area contributed by atoms with E-state index in [4.69, 9.17) is 18.4 Å². The molecule has 0 unspecified atom stereocenters. The maximum atomic E-state index is 13.1. The number of carbonyl (C=O) groups excluding carboxylic acids is 1. The molecule has 3 aromatic carbocycles. The summed E-state index contributed by atoms with van der Waals surface area (Å²) < 4.78 is 58.7. The smallest absolute Gasteiger partial charge is 0.339 e. The molecule has 0 aliphatic heterocycles. The van der Waals surface area contributed by atoms with Gasteiger partial charge in [0.25, 0.3) is 0 Å². The van der Waals surface area contributed by atoms with E-state index in [9.17, 15) is 17.6 Å². The maximum Gasteiger partial charge on any atom is 0.339 e. The third-order valence-corrected chi connectivity index (χ3v) is 6.32. The second-order valence-corrected chi connectivity index (χ2v) is 9.13. The normalized spacial score (nSPS) is 11.0. The molecule has 3 aromatic rings. The highest BCUT2D eigenvalue weighted by Crippen LogP contribution is 2.26. The molecule has 0 bridgehead atoms. The standard InChI is InChI=1S/C25H27FN2O7S/c1-32-13-12-28(25(29)27-20-14-22(33-2)16-23(15-20)34-3)17-18-4-8-21(9-5-18)35-36(30,31)24-10-6-19(26)7-11-24/h4-11,14-16H,12-13,17H2,1-3H3,(H,27,29). The number of methoxy groups -OCH3 is 3. The minimum atomic E-state index is -4.12. The third kappa shape index (κ3) is 7.33. The molecule has 11 heteroatoms. The maximum absolute atomic E-state index is 13.1. The summed E-state index contributed by atoms with van der Waals surface area (Å²) in [6.45, 7) is 0.841. The fourth-order valence-electron chi connectivity index (χ4n) is 3.18. The highest BCUT2D eigenvalue weighted by atomic mass is 32.2. The predicted octanol–water partition coefficient (Wildman–Crippen LogP) is 4.29. The number of hydrogen-bond acceptors (Lipinski definition) is 7. The molecule has 0 aliphatic rings. The first-order valence-electron chi connectivity index (χ1n) is 10.8. The molecule has 2 amide bonds. The number of benzene rings is 3. The number of halogens is 1. The van der Waals surface area contributed by atoms with Gasteiger partial charge < -0.3 is 28.6 Å². The van der Waals surface area contributed by atoms with Crippen LogP contribution in [0.15, 0.2) is 71.6 Å². The Balaban J connectivity index is 1.70. The Kier molecular flexibility index (Phi) is 9.09. The first kappa shape index (κ1) is 26.8. The molecular formula is C25H27FN2O7S. The van der Waals surface area contributed by atoms with Crippen LogP contribution in [-0.4, -0.2) is 53.8 Å². The molecule has 0 atom stereocenters. The van der Waals surface area contributed by atoms with E-state index in [1.54, 1.807) is 35.2 Å². The average molecular weight is 519 g/mol. The van der Waals surface area contributed by atoms with Crippen LogP contribution in [0.25, 0.3) is 0 Å². The van der Waals surface area contributed by atoms with E-state index in [0.29, 0.717) is 30.3 Å². The van der Waals surface area contributed by atoms with Gasteiger partial charge in [-0.2, -0.15) is 8.42 Å². The van der Waals surface area contributed by atoms with Crippen molar-refractivity contribution in [2.75, 3.05) is 39.8 Å². The quantitative estimate of drug-likeness (QED) is 0.378. The van der Waals surface area contributed by atoms with Crippen LogP contribution < -0.4 is 19.0 Å². The molecule has 0 saturated carbocycles. The molecule has 0 aromatic heterocycles. The minimum absolute atomic E-state index is 0.0828. The molecule has 1 N–H and O–H groups in total. The Morgan fingerprint density at radius 1 is 0.889 bits per heavy atom. The summed E-state index contributed by atoms with van der Waals surface area (Å²) in [7, 11) is 0.457. The van der Waals surface area contributed by atoms with Crippen molar-refractivity contribution < 1.29 is 36.0 Å². The number of ether oxygens (including phenoxy) is 3. The molecule has 3 rings (SSSR count). The van der Waals surface area contributed by atoms with Gasteiger partial charge in [0.1, 0.15) is 28.0 Å². The van der Waals surface area contributed by atoms with Crippen LogP contribution in [0.5, 0.6) is 17.2 Å². The van der Waals surface area contributed by atoms with E-state index < -0.39 is 15.9 Å². The number of urea groups is 1. The number of nitrogens with zero attached hydrogens (tertiary/aromatic N) is 1. The van der Waals surface area contributed by atoms with Crippen LogP contribution in [0, 0.1) is 5.82 Å². The van der Waals surface area contributed by atoms with Crippen LogP contribution in [0.4, 0.5) is 14.9 Å². The highest BCUT2D eigenvalue weighted by Gasteiger charge is 2.18. The zero-order chi connectivity index (χ0) is 26.1. The van der Waals surface area contributed by atoms with Crippen LogP contribution in [0.3, 0.4) is 0 Å². The summed E-state index contributed by atoms with van der Waals surface area (Å²) in [5.74, 6) is 0.587. The summed E-state index contributed by atoms with van der Waals surface area (Å²) >= 11 is 0. The Bertz CT molecular complexity index is 1240. The Labute approximate surface area is 209 Å². The van der Waals surface area contributed by atoms with Gasteiger partial charge in [0.15, 0.2) is 0 Å². The summed E-state index contributed by atoms with van der Waals surface area (Å²) in [6.07, 6.45) is 0. The lowest BCUT2D eigenvalue weighted by Crippen LogP contribution is -2.36. The van der Waals surface area contributed by atoms with Crippen molar-refractivity contribution in [2.24, 2.45) is 0 Å². The second kappa shape index (κ2) is 12.2. The minimum Gasteiger partial charge on any atom is -0.497 e. The molecule has 0 fully saturated rings. The summed E-state index contributed by atoms with van der Waals surface area (Å²) in [5, 5.41) is 2.83. The van der Waals surface area contributed by atoms with Gasteiger partial charge in [0.05, 0.1) is 20.8 Å². The lowest BCUT2D eigenvalue weighted by atomic mass is 10.2. The van der Waals surface area contributed by atoms with E-state index in [2.05, 4.69) is 5.32 Å². The fraction of sp³-hybridized carbons (Fsp3) is 0.240. The summed E-state index contributed by atoms with van der Waals surface area (Å²) in [4.78, 5) is 14.4. The van der Waals surface area contributed by atoms with Gasteiger partial charge in [0, 0.05) is 44.1 Å². The Morgan fingerprint density at radius 2 is 1.50 bits per heavy atom. The van der Waals surface area contributed by atoms with Crippen molar-refractivity contribution in [3.05, 3.63) is 78.1 Å². The third-order valence-electron chi connectivity index (χ3n) is 5.06. The Hall–Kier alpha value is -3.83. The van der Waals surface area contributed by atoms with Gasteiger partial charge in [-0.1, -0.05) is 12.1 Å². The summed E-state index contributed by atoms with van der Waals surface area (Å²) in [6, 6.07) is 15.3. The topological polar surface area (TPSA) is 103 Å². The zero-order valence-electron chi connectivity index (χ0n) is 20.1. The molecular weight excluding hydrogens is 491 g/mol. The number of anilines is 1. The number of amides is 2. The van der Waals surface area contributed by atoms with Crippen molar-refractivity contribution >= 4 is 21.8 Å². The number of nitrogens with one attached hydrogen (secondary N) is 1. The van der Waals surface area contributed by atoms with E-state index in [-0.39, 0.29) is 23.2 Å². The SMILES string of the molecule is COCCN(Cc1ccc(OS(=O)(=O)c2ccc(F)cc2)cc1)C(=O)Nc1cc(OC)cc(OC)c1. The van der Waals surface area contributed by atoms with E-state index in [1.165, 1.54) is 33.5 Å². The van der Waals surface area contributed by atoms with E-state index >= 15 is 0 Å². The van der Waals surface area contributed by atoms with Gasteiger partial charge in [-0.15, -0.1) is 0 Å². The van der Waals surface area contributed by atoms with Crippen molar-refractivity contribution in [1.82, 2.24) is 4.90 Å². The van der Waals surface area contributed by atoms with Crippen LogP contribution >= 0.6 is 0 Å². The molecule has 9 nitrogen and oxygen atoms in total. The molecule has 0 spiro atoms. The van der Waals surface area contributed by atoms with Crippen molar-refractivity contribution in [3.8, 4) is 17.2 Å². The zero-order valence-corrected chi connectivity index (χ0v) is 20.9. The van der Waals surface area contributed by atoms with Crippen LogP contribution in [-0.2, 0) is 21.4 Å². The molecule has 192 valence electrons. The molecule has 0 heterocycles. The van der Waals surface area contributed by atoms with Gasteiger partial charge >= 0.3 is 16.1 Å². The first-order valence-corrected chi connectivity index (χ1v) is 12.2. The number of hydrogen-bond donors (Lipinski definition) is 1. The monoisotopic (exact) mass is 518 g/mol. The highest BCUT2D eigenvalue weighted by molar-refractivity contribution is 7.87. The lowest BCUT2D eigenvalue weighted by molar-refractivity contribution is 0.153. The fourth-order valence-corrected chi connectivity index (χ4v) is 4.11. The second-order valence-electron chi connectivity index (χ2n) is 7.58. The van der Waals surface area contributed by atoms with Crippen molar-refractivity contribution in [1.29, 1.82) is 0 Å². The molecule has 0 aliphatic carbocycles. The molecule has 0 radical (unpaired) electrons. The van der Waals surface area contributed by atoms with Crippen molar-refractivity contribution in [2.45, 2.75) is 11.4 Å². The Morgan fingerprint density at radius 3 is 2.06 bits per heavy atom. The van der Waals surface area contributed by atoms with Gasteiger partial charge in [-0.05, 0) is 42.0 Å². The molecule has 36 heavy (non-hydrogen) atoms. The molecule has 0 saturated heterocycles. The lowest BCUT2D eigenvalue weighted by Gasteiger charge is -2.23. The van der Waals surface area contributed by atoms with Crippen LogP contribution in [0.1, 0.15) is 5.56 Å². The van der Waals surface area contributed by atoms with Gasteiger partial charge in [0.2, 0.25) is 0 Å². The first-order chi connectivity index (χ1) is 17.2. The summed E-state index contributed by atoms with van der Waals surface area (Å²) in [5.41, 5.74) is 1.23.